The third-order valence-corrected chi connectivity index (χ3v) is 9.56. The number of hydrogen-bond acceptors (Lipinski definition) is 3. The predicted molar refractivity (Wildman–Crippen MR) is 167 cm³/mol. The van der Waals surface area contributed by atoms with Crippen molar-refractivity contribution in [1.29, 1.82) is 0 Å². The number of hydrogen-bond donors (Lipinski definition) is 0. The molecule has 2 aliphatic rings. The standard InChI is InChI=1S/C29H56N2OSi.2BrH.Ni/c1-9-23-16-13-17-24(10-2)28(23)30-22(5)27(20-15-21-32-33(6,7)8)31-29-25(11-3)18-14-19-26(29)12-4;;;/h23-26,28-29H,9-21H2,1-8H3;2*1H;/q;;;+2/p-2. The van der Waals surface area contributed by atoms with E-state index in [0.717, 1.165) is 43.1 Å². The van der Waals surface area contributed by atoms with Crippen LogP contribution in [0.15, 0.2) is 9.98 Å². The zero-order valence-electron chi connectivity index (χ0n) is 24.5. The maximum absolute atomic E-state index is 6.20. The topological polar surface area (TPSA) is 34.0 Å². The number of nitrogens with zero attached hydrogens (tertiary/aromatic N) is 2. The van der Waals surface area contributed by atoms with Gasteiger partial charge in [-0.1, -0.05) is 66.2 Å². The van der Waals surface area contributed by atoms with Gasteiger partial charge in [0.25, 0.3) is 0 Å². The van der Waals surface area contributed by atoms with Crippen molar-refractivity contribution in [3.8, 4) is 0 Å². The van der Waals surface area contributed by atoms with Crippen LogP contribution in [-0.4, -0.2) is 38.4 Å². The summed E-state index contributed by atoms with van der Waals surface area (Å²) < 4.78 is 6.20. The van der Waals surface area contributed by atoms with Crippen molar-refractivity contribution < 1.29 is 15.3 Å². The Morgan fingerprint density at radius 2 is 1.17 bits per heavy atom. The first-order valence-electron chi connectivity index (χ1n) is 14.7. The second kappa shape index (κ2) is 19.1. The molecule has 3 nitrogen and oxygen atoms in total. The third-order valence-electron chi connectivity index (χ3n) is 8.49. The summed E-state index contributed by atoms with van der Waals surface area (Å²) >= 11 is 6.00. The number of halogens is 2. The molecule has 0 saturated heterocycles. The fraction of sp³-hybridized carbons (Fsp3) is 0.931. The minimum atomic E-state index is -1.47. The molecule has 0 aliphatic heterocycles. The van der Waals surface area contributed by atoms with Gasteiger partial charge >= 0.3 is 39.3 Å². The van der Waals surface area contributed by atoms with Crippen LogP contribution in [0.5, 0.6) is 0 Å². The van der Waals surface area contributed by atoms with E-state index in [1.54, 1.807) is 0 Å². The van der Waals surface area contributed by atoms with Gasteiger partial charge in [0.15, 0.2) is 8.32 Å². The van der Waals surface area contributed by atoms with E-state index >= 15 is 0 Å². The monoisotopic (exact) mass is 692 g/mol. The van der Waals surface area contributed by atoms with Crippen molar-refractivity contribution in [2.24, 2.45) is 33.7 Å². The molecule has 216 valence electrons. The van der Waals surface area contributed by atoms with Gasteiger partial charge in [-0.25, -0.2) is 0 Å². The van der Waals surface area contributed by atoms with Gasteiger partial charge in [0, 0.05) is 6.61 Å². The number of aliphatic imine (C=N–C) groups is 2. The molecule has 4 atom stereocenters. The Kier molecular flexibility index (Phi) is 18.6. The molecular formula is C29H56Br2N2NiOSi. The van der Waals surface area contributed by atoms with Crippen LogP contribution in [0.1, 0.15) is 112 Å². The van der Waals surface area contributed by atoms with E-state index in [1.165, 1.54) is 86.5 Å². The van der Waals surface area contributed by atoms with Crippen molar-refractivity contribution in [2.75, 3.05) is 6.61 Å². The molecule has 2 aliphatic carbocycles. The van der Waals surface area contributed by atoms with Gasteiger partial charge in [-0.3, -0.25) is 9.98 Å². The summed E-state index contributed by atoms with van der Waals surface area (Å²) in [5, 5.41) is 0. The molecule has 4 unspecified atom stereocenters. The van der Waals surface area contributed by atoms with Crippen molar-refractivity contribution in [3.05, 3.63) is 0 Å². The van der Waals surface area contributed by atoms with Crippen LogP contribution >= 0.6 is 28.5 Å². The summed E-state index contributed by atoms with van der Waals surface area (Å²) in [6, 6.07) is 0.981. The van der Waals surface area contributed by atoms with Crippen molar-refractivity contribution in [1.82, 2.24) is 0 Å². The van der Waals surface area contributed by atoms with E-state index in [2.05, 4.69) is 82.7 Å². The van der Waals surface area contributed by atoms with Crippen LogP contribution in [0, 0.1) is 23.7 Å². The quantitative estimate of drug-likeness (QED) is 0.114. The molecule has 36 heavy (non-hydrogen) atoms. The Bertz CT molecular complexity index is 632. The first-order valence-corrected chi connectivity index (χ1v) is 23.0. The summed E-state index contributed by atoms with van der Waals surface area (Å²) in [4.78, 5) is 11.1. The summed E-state index contributed by atoms with van der Waals surface area (Å²) in [6.45, 7) is 19.5. The van der Waals surface area contributed by atoms with Crippen molar-refractivity contribution in [3.63, 3.8) is 0 Å². The summed E-state index contributed by atoms with van der Waals surface area (Å²) in [5.41, 5.74) is 2.54. The zero-order chi connectivity index (χ0) is 27.1. The average molecular weight is 695 g/mol. The predicted octanol–water partition coefficient (Wildman–Crippen LogP) is 10.4. The fourth-order valence-electron chi connectivity index (χ4n) is 6.38. The molecule has 0 aromatic carbocycles. The Balaban J connectivity index is 0.00000205. The average Bonchev–Trinajstić information content (AvgIpc) is 2.85. The molecule has 2 saturated carbocycles. The fourth-order valence-corrected chi connectivity index (χ4v) is 7.13. The molecule has 2 fully saturated rings. The first kappa shape index (κ1) is 35.0. The molecule has 0 aromatic heterocycles. The number of rotatable bonds is 12. The normalized spacial score (nSPS) is 30.2. The molecule has 0 spiro atoms. The summed E-state index contributed by atoms with van der Waals surface area (Å²) in [7, 11) is -0.216. The van der Waals surface area contributed by atoms with Gasteiger partial charge in [-0.15, -0.1) is 0 Å². The summed E-state index contributed by atoms with van der Waals surface area (Å²) in [6.07, 6.45) is 15.3. The molecule has 0 bridgehead atoms. The molecule has 0 N–H and O–H groups in total. The summed E-state index contributed by atoms with van der Waals surface area (Å²) in [5.74, 6) is 2.98. The SMILES string of the molecule is CCC1CCCC(CC)C1N=C(C)C(CCCO[Si](C)(C)C)=NC1C(CC)CCCC1CC.[Br][Ni][Br]. The van der Waals surface area contributed by atoms with E-state index in [0.29, 0.717) is 12.1 Å². The van der Waals surface area contributed by atoms with Gasteiger partial charge in [-0.2, -0.15) is 0 Å². The van der Waals surface area contributed by atoms with Crippen LogP contribution in [0.3, 0.4) is 0 Å². The Morgan fingerprint density at radius 3 is 1.53 bits per heavy atom. The Morgan fingerprint density at radius 1 is 0.778 bits per heavy atom. The van der Waals surface area contributed by atoms with Crippen LogP contribution < -0.4 is 0 Å². The van der Waals surface area contributed by atoms with Crippen LogP contribution in [0.2, 0.25) is 19.6 Å². The van der Waals surface area contributed by atoms with Gasteiger partial charge in [-0.05, 0) is 88.8 Å². The molecule has 0 amide bonds. The molecule has 0 radical (unpaired) electrons. The van der Waals surface area contributed by atoms with Gasteiger partial charge < -0.3 is 4.43 Å². The maximum atomic E-state index is 6.20. The van der Waals surface area contributed by atoms with Gasteiger partial charge in [0.1, 0.15) is 0 Å². The van der Waals surface area contributed by atoms with E-state index in [1.807, 2.05) is 0 Å². The third kappa shape index (κ3) is 12.4. The van der Waals surface area contributed by atoms with Gasteiger partial charge in [0.2, 0.25) is 0 Å². The molecular weight excluding hydrogens is 639 g/mol. The van der Waals surface area contributed by atoms with E-state index in [-0.39, 0.29) is 0 Å². The molecule has 0 aromatic rings. The Labute approximate surface area is 245 Å². The van der Waals surface area contributed by atoms with Crippen LogP contribution in [0.4, 0.5) is 0 Å². The van der Waals surface area contributed by atoms with Gasteiger partial charge in [0.05, 0.1) is 23.5 Å². The van der Waals surface area contributed by atoms with Crippen molar-refractivity contribution in [2.45, 2.75) is 143 Å². The second-order valence-electron chi connectivity index (χ2n) is 11.9. The van der Waals surface area contributed by atoms with Crippen LogP contribution in [0.25, 0.3) is 0 Å². The zero-order valence-corrected chi connectivity index (χ0v) is 29.7. The van der Waals surface area contributed by atoms with E-state index < -0.39 is 8.32 Å². The molecule has 0 heterocycles. The van der Waals surface area contributed by atoms with Crippen molar-refractivity contribution >= 4 is 48.2 Å². The minimum absolute atomic E-state index is 0.488. The Hall–Kier alpha value is 0.970. The van der Waals surface area contributed by atoms with Crippen LogP contribution in [-0.2, 0) is 15.3 Å². The second-order valence-corrected chi connectivity index (χ2v) is 21.4. The molecule has 2 rings (SSSR count). The van der Waals surface area contributed by atoms with E-state index in [9.17, 15) is 0 Å². The molecule has 7 heteroatoms. The first-order chi connectivity index (χ1) is 17.1. The van der Waals surface area contributed by atoms with E-state index in [4.69, 9.17) is 14.4 Å².